The van der Waals surface area contributed by atoms with Crippen LogP contribution in [0.15, 0.2) is 54.9 Å². The molecule has 1 aliphatic rings. The Balaban J connectivity index is 1.33. The second kappa shape index (κ2) is 8.41. The van der Waals surface area contributed by atoms with Gasteiger partial charge in [-0.1, -0.05) is 6.07 Å². The first-order valence-corrected chi connectivity index (χ1v) is 10.3. The number of aromatic nitrogens is 4. The molecule has 31 heavy (non-hydrogen) atoms. The third kappa shape index (κ3) is 4.26. The number of benzene rings is 1. The Morgan fingerprint density at radius 2 is 2.06 bits per heavy atom. The van der Waals surface area contributed by atoms with Gasteiger partial charge in [0.05, 0.1) is 12.3 Å². The van der Waals surface area contributed by atoms with Gasteiger partial charge in [0, 0.05) is 48.6 Å². The van der Waals surface area contributed by atoms with E-state index in [1.807, 2.05) is 25.1 Å². The number of nitrogens with one attached hydrogen (secondary N) is 2. The van der Waals surface area contributed by atoms with E-state index in [0.717, 1.165) is 40.9 Å². The lowest BCUT2D eigenvalue weighted by Gasteiger charge is -2.32. The molecule has 1 fully saturated rings. The zero-order chi connectivity index (χ0) is 21.2. The summed E-state index contributed by atoms with van der Waals surface area (Å²) in [6.07, 6.45) is 3.22. The number of hydrogen-bond donors (Lipinski definition) is 2. The first-order valence-electron chi connectivity index (χ1n) is 10.3. The maximum Gasteiger partial charge on any atom is 0.228 e. The van der Waals surface area contributed by atoms with Crippen molar-refractivity contribution in [2.45, 2.75) is 19.6 Å². The predicted octanol–water partition coefficient (Wildman–Crippen LogP) is 4.12. The normalized spacial score (nSPS) is 17.2. The minimum atomic E-state index is -0.219. The Labute approximate surface area is 179 Å². The molecule has 3 aromatic heterocycles. The third-order valence-electron chi connectivity index (χ3n) is 5.52. The summed E-state index contributed by atoms with van der Waals surface area (Å²) < 4.78 is 19.8. The minimum Gasteiger partial charge on any atom is -0.369 e. The average molecular weight is 418 g/mol. The predicted molar refractivity (Wildman–Crippen MR) is 117 cm³/mol. The van der Waals surface area contributed by atoms with E-state index in [-0.39, 0.29) is 11.9 Å². The molecule has 8 heteroatoms. The maximum absolute atomic E-state index is 13.8. The number of ether oxygens (including phenoxy) is 1. The van der Waals surface area contributed by atoms with Crippen LogP contribution in [0, 0.1) is 12.7 Å². The van der Waals surface area contributed by atoms with Gasteiger partial charge in [0.1, 0.15) is 17.7 Å². The van der Waals surface area contributed by atoms with Gasteiger partial charge in [-0.05, 0) is 48.9 Å². The van der Waals surface area contributed by atoms with Crippen molar-refractivity contribution in [3.63, 3.8) is 0 Å². The molecule has 7 nitrogen and oxygen atoms in total. The van der Waals surface area contributed by atoms with Crippen LogP contribution in [0.1, 0.15) is 23.1 Å². The number of rotatable bonds is 5. The van der Waals surface area contributed by atoms with Crippen LogP contribution in [-0.4, -0.2) is 44.5 Å². The largest absolute Gasteiger partial charge is 0.369 e. The van der Waals surface area contributed by atoms with Crippen LogP contribution in [0.3, 0.4) is 0 Å². The summed E-state index contributed by atoms with van der Waals surface area (Å²) >= 11 is 0. The van der Waals surface area contributed by atoms with Gasteiger partial charge >= 0.3 is 0 Å². The van der Waals surface area contributed by atoms with Crippen molar-refractivity contribution in [2.75, 3.05) is 25.0 Å². The molecule has 0 radical (unpaired) electrons. The summed E-state index contributed by atoms with van der Waals surface area (Å²) in [5, 5.41) is 4.06. The van der Waals surface area contributed by atoms with E-state index < -0.39 is 0 Å². The van der Waals surface area contributed by atoms with E-state index in [9.17, 15) is 4.39 Å². The average Bonchev–Trinajstić information content (AvgIpc) is 3.09. The number of anilines is 2. The second-order valence-electron chi connectivity index (χ2n) is 7.66. The fourth-order valence-electron chi connectivity index (χ4n) is 3.99. The molecule has 4 aromatic rings. The van der Waals surface area contributed by atoms with Crippen LogP contribution in [0.5, 0.6) is 0 Å². The fraction of sp³-hybridized carbons (Fsp3) is 0.261. The van der Waals surface area contributed by atoms with Gasteiger partial charge < -0.3 is 15.0 Å². The molecular formula is C23H23FN6O. The Morgan fingerprint density at radius 3 is 2.94 bits per heavy atom. The smallest absolute Gasteiger partial charge is 0.228 e. The number of pyridine rings is 1. The summed E-state index contributed by atoms with van der Waals surface area (Å²) in [4.78, 5) is 18.8. The highest BCUT2D eigenvalue weighted by Crippen LogP contribution is 2.28. The molecule has 158 valence electrons. The highest BCUT2D eigenvalue weighted by atomic mass is 19.1. The van der Waals surface area contributed by atoms with Crippen molar-refractivity contribution in [2.24, 2.45) is 0 Å². The Hall–Kier alpha value is -3.36. The van der Waals surface area contributed by atoms with Crippen molar-refractivity contribution < 1.29 is 9.13 Å². The number of hydrogen-bond acceptors (Lipinski definition) is 6. The first kappa shape index (κ1) is 19.6. The van der Waals surface area contributed by atoms with Gasteiger partial charge in [-0.2, -0.15) is 0 Å². The van der Waals surface area contributed by atoms with E-state index in [0.29, 0.717) is 24.9 Å². The van der Waals surface area contributed by atoms with E-state index in [1.54, 1.807) is 30.6 Å². The molecule has 0 bridgehead atoms. The number of aryl methyl sites for hydroxylation is 1. The highest BCUT2D eigenvalue weighted by Gasteiger charge is 2.24. The minimum absolute atomic E-state index is 0.144. The Morgan fingerprint density at radius 1 is 1.19 bits per heavy atom. The van der Waals surface area contributed by atoms with Crippen LogP contribution in [0.25, 0.3) is 10.9 Å². The van der Waals surface area contributed by atoms with E-state index in [4.69, 9.17) is 9.72 Å². The monoisotopic (exact) mass is 418 g/mol. The number of morpholine rings is 1. The standard InChI is InChI=1S/C23H23FN6O/c1-15-18(17-12-16(24)6-7-19(17)27-15)13-30-10-11-31-21(14-30)20-4-2-5-22(28-20)29-23-25-8-3-9-26-23/h2-9,12,21,27H,10-11,13-14H2,1H3,(H,25,26,28,29)/t21-/m1/s1. The number of aromatic amines is 1. The van der Waals surface area contributed by atoms with Crippen molar-refractivity contribution >= 4 is 22.7 Å². The van der Waals surface area contributed by atoms with Crippen molar-refractivity contribution in [3.8, 4) is 0 Å². The van der Waals surface area contributed by atoms with Gasteiger partial charge in [-0.15, -0.1) is 0 Å². The second-order valence-corrected chi connectivity index (χ2v) is 7.66. The number of nitrogens with zero attached hydrogens (tertiary/aromatic N) is 4. The summed E-state index contributed by atoms with van der Waals surface area (Å²) in [6, 6.07) is 12.4. The summed E-state index contributed by atoms with van der Waals surface area (Å²) in [5.41, 5.74) is 4.00. The topological polar surface area (TPSA) is 79.0 Å². The first-order chi connectivity index (χ1) is 15.2. The molecule has 0 aliphatic carbocycles. The molecule has 1 saturated heterocycles. The fourth-order valence-corrected chi connectivity index (χ4v) is 3.99. The molecule has 0 spiro atoms. The Kier molecular flexibility index (Phi) is 5.31. The van der Waals surface area contributed by atoms with Crippen LogP contribution < -0.4 is 5.32 Å². The van der Waals surface area contributed by atoms with Gasteiger partial charge in [-0.25, -0.2) is 19.3 Å². The van der Waals surface area contributed by atoms with Gasteiger partial charge in [0.25, 0.3) is 0 Å². The Bertz CT molecular complexity index is 1200. The molecule has 1 atom stereocenters. The molecule has 1 aromatic carbocycles. The third-order valence-corrected chi connectivity index (χ3v) is 5.52. The molecule has 0 unspecified atom stereocenters. The number of halogens is 1. The SMILES string of the molecule is Cc1[nH]c2ccc(F)cc2c1CN1CCO[C@@H](c2cccc(Nc3ncccn3)n2)C1. The molecular weight excluding hydrogens is 395 g/mol. The van der Waals surface area contributed by atoms with Crippen molar-refractivity contribution in [1.29, 1.82) is 0 Å². The summed E-state index contributed by atoms with van der Waals surface area (Å²) in [7, 11) is 0. The zero-order valence-electron chi connectivity index (χ0n) is 17.2. The molecule has 4 heterocycles. The molecule has 5 rings (SSSR count). The van der Waals surface area contributed by atoms with E-state index in [1.165, 1.54) is 6.07 Å². The molecule has 1 aliphatic heterocycles. The van der Waals surface area contributed by atoms with Gasteiger partial charge in [-0.3, -0.25) is 4.90 Å². The zero-order valence-corrected chi connectivity index (χ0v) is 17.2. The van der Waals surface area contributed by atoms with Crippen LogP contribution in [0.2, 0.25) is 0 Å². The van der Waals surface area contributed by atoms with E-state index in [2.05, 4.69) is 25.2 Å². The van der Waals surface area contributed by atoms with Crippen LogP contribution in [0.4, 0.5) is 16.2 Å². The number of H-pyrrole nitrogens is 1. The van der Waals surface area contributed by atoms with Crippen molar-refractivity contribution in [3.05, 3.63) is 77.6 Å². The van der Waals surface area contributed by atoms with Crippen LogP contribution >= 0.6 is 0 Å². The lowest BCUT2D eigenvalue weighted by atomic mass is 10.1. The number of fused-ring (bicyclic) bond motifs is 1. The molecule has 0 saturated carbocycles. The van der Waals surface area contributed by atoms with E-state index >= 15 is 0 Å². The van der Waals surface area contributed by atoms with Gasteiger partial charge in [0.15, 0.2) is 0 Å². The lowest BCUT2D eigenvalue weighted by Crippen LogP contribution is -2.38. The highest BCUT2D eigenvalue weighted by molar-refractivity contribution is 5.84. The maximum atomic E-state index is 13.8. The van der Waals surface area contributed by atoms with Gasteiger partial charge in [0.2, 0.25) is 5.95 Å². The molecule has 0 amide bonds. The quantitative estimate of drug-likeness (QED) is 0.508. The molecule has 2 N–H and O–H groups in total. The summed E-state index contributed by atoms with van der Waals surface area (Å²) in [6.45, 7) is 4.90. The van der Waals surface area contributed by atoms with Crippen molar-refractivity contribution in [1.82, 2.24) is 24.8 Å². The van der Waals surface area contributed by atoms with Crippen LogP contribution in [-0.2, 0) is 11.3 Å². The summed E-state index contributed by atoms with van der Waals surface area (Å²) in [5.74, 6) is 0.955. The lowest BCUT2D eigenvalue weighted by molar-refractivity contribution is -0.0348.